The number of nitrogens with one attached hydrogen (secondary N) is 1. The molecule has 0 bridgehead atoms. The number of nitrogens with zero attached hydrogens (tertiary/aromatic N) is 4. The van der Waals surface area contributed by atoms with Gasteiger partial charge >= 0.3 is 0 Å². The van der Waals surface area contributed by atoms with Crippen LogP contribution in [-0.4, -0.2) is 27.4 Å². The minimum atomic E-state index is -0.338. The molecule has 1 aliphatic heterocycles. The first-order valence-electron chi connectivity index (χ1n) is 8.67. The predicted octanol–water partition coefficient (Wildman–Crippen LogP) is 3.62. The number of hydrogen-bond donors (Lipinski definition) is 1. The molecule has 0 unspecified atom stereocenters. The maximum absolute atomic E-state index is 11.7. The van der Waals surface area contributed by atoms with Crippen LogP contribution < -0.4 is 10.2 Å². The van der Waals surface area contributed by atoms with Crippen molar-refractivity contribution >= 4 is 34.3 Å². The van der Waals surface area contributed by atoms with Crippen LogP contribution in [0.5, 0.6) is 0 Å². The number of aryl methyl sites for hydroxylation is 1. The number of rotatable bonds is 3. The van der Waals surface area contributed by atoms with Crippen LogP contribution in [0.1, 0.15) is 18.4 Å². The van der Waals surface area contributed by atoms with Crippen molar-refractivity contribution in [1.29, 1.82) is 0 Å². The standard InChI is InChI=1S/C20H19N5O/c1-2-18(26)23-20-22-16-13-21-11-10-15(16)19(24-20)25-12-6-5-8-14-7-3-4-9-17(14)25/h2-4,7,9-11,13H,1,5-6,8,12H2,(H,22,23,24,26). The fourth-order valence-corrected chi connectivity index (χ4v) is 3.30. The Morgan fingerprint density at radius 2 is 2.08 bits per heavy atom. The summed E-state index contributed by atoms with van der Waals surface area (Å²) in [6.07, 6.45) is 7.89. The van der Waals surface area contributed by atoms with E-state index in [-0.39, 0.29) is 11.9 Å². The lowest BCUT2D eigenvalue weighted by atomic mass is 10.1. The first-order valence-corrected chi connectivity index (χ1v) is 8.67. The zero-order valence-corrected chi connectivity index (χ0v) is 14.4. The number of benzene rings is 1. The number of carbonyl (C=O) groups excluding carboxylic acids is 1. The molecule has 0 fully saturated rings. The highest BCUT2D eigenvalue weighted by atomic mass is 16.1. The number of hydrogen-bond acceptors (Lipinski definition) is 5. The molecule has 0 saturated carbocycles. The molecule has 0 aliphatic carbocycles. The lowest BCUT2D eigenvalue weighted by Crippen LogP contribution is -2.21. The zero-order valence-electron chi connectivity index (χ0n) is 14.4. The van der Waals surface area contributed by atoms with Gasteiger partial charge in [0.15, 0.2) is 0 Å². The van der Waals surface area contributed by atoms with E-state index >= 15 is 0 Å². The van der Waals surface area contributed by atoms with E-state index in [1.54, 1.807) is 12.4 Å². The highest BCUT2D eigenvalue weighted by Crippen LogP contribution is 2.35. The average Bonchev–Trinajstić information content (AvgIpc) is 2.89. The van der Waals surface area contributed by atoms with Gasteiger partial charge in [0.25, 0.3) is 0 Å². The van der Waals surface area contributed by atoms with E-state index in [2.05, 4.69) is 49.9 Å². The summed E-state index contributed by atoms with van der Waals surface area (Å²) >= 11 is 0. The third kappa shape index (κ3) is 3.01. The Kier molecular flexibility index (Phi) is 4.31. The molecule has 0 spiro atoms. The second-order valence-corrected chi connectivity index (χ2v) is 6.19. The molecule has 1 amide bonds. The number of amides is 1. The maximum atomic E-state index is 11.7. The SMILES string of the molecule is C=CC(=O)Nc1nc(N2CCCCc3ccccc32)c2ccncc2n1. The minimum Gasteiger partial charge on any atom is -0.325 e. The molecule has 6 heteroatoms. The molecule has 1 aliphatic rings. The van der Waals surface area contributed by atoms with Crippen molar-refractivity contribution < 1.29 is 4.79 Å². The van der Waals surface area contributed by atoms with Crippen LogP contribution in [-0.2, 0) is 11.2 Å². The highest BCUT2D eigenvalue weighted by molar-refractivity contribution is 5.99. The maximum Gasteiger partial charge on any atom is 0.250 e. The van der Waals surface area contributed by atoms with Gasteiger partial charge < -0.3 is 4.90 Å². The van der Waals surface area contributed by atoms with E-state index in [1.165, 1.54) is 11.6 Å². The molecule has 1 aromatic carbocycles. The topological polar surface area (TPSA) is 71.0 Å². The molecule has 3 aromatic rings. The van der Waals surface area contributed by atoms with Gasteiger partial charge in [-0.15, -0.1) is 0 Å². The Morgan fingerprint density at radius 1 is 1.19 bits per heavy atom. The van der Waals surface area contributed by atoms with Gasteiger partial charge in [-0.25, -0.2) is 4.98 Å². The van der Waals surface area contributed by atoms with Crippen LogP contribution in [0.4, 0.5) is 17.5 Å². The molecule has 3 heterocycles. The van der Waals surface area contributed by atoms with E-state index < -0.39 is 0 Å². The Labute approximate surface area is 151 Å². The van der Waals surface area contributed by atoms with Gasteiger partial charge in [-0.2, -0.15) is 4.98 Å². The van der Waals surface area contributed by atoms with Crippen molar-refractivity contribution in [2.45, 2.75) is 19.3 Å². The number of carbonyl (C=O) groups is 1. The van der Waals surface area contributed by atoms with Gasteiger partial charge in [0, 0.05) is 23.8 Å². The monoisotopic (exact) mass is 345 g/mol. The molecule has 2 aromatic heterocycles. The second-order valence-electron chi connectivity index (χ2n) is 6.19. The summed E-state index contributed by atoms with van der Waals surface area (Å²) in [4.78, 5) is 27.2. The number of para-hydroxylation sites is 1. The van der Waals surface area contributed by atoms with Crippen LogP contribution in [0.2, 0.25) is 0 Å². The average molecular weight is 345 g/mol. The third-order valence-electron chi connectivity index (χ3n) is 4.52. The number of aromatic nitrogens is 3. The molecular weight excluding hydrogens is 326 g/mol. The summed E-state index contributed by atoms with van der Waals surface area (Å²) in [5, 5.41) is 3.58. The quantitative estimate of drug-likeness (QED) is 0.734. The van der Waals surface area contributed by atoms with E-state index in [9.17, 15) is 4.79 Å². The van der Waals surface area contributed by atoms with Crippen molar-refractivity contribution in [1.82, 2.24) is 15.0 Å². The second kappa shape index (κ2) is 6.92. The van der Waals surface area contributed by atoms with Gasteiger partial charge in [0.2, 0.25) is 11.9 Å². The fourth-order valence-electron chi connectivity index (χ4n) is 3.30. The molecule has 6 nitrogen and oxygen atoms in total. The molecule has 0 saturated heterocycles. The van der Waals surface area contributed by atoms with Crippen LogP contribution in [0.25, 0.3) is 10.9 Å². The zero-order chi connectivity index (χ0) is 17.9. The molecule has 4 rings (SSSR count). The number of anilines is 3. The summed E-state index contributed by atoms with van der Waals surface area (Å²) in [5.74, 6) is 0.702. The lowest BCUT2D eigenvalue weighted by molar-refractivity contribution is -0.111. The highest BCUT2D eigenvalue weighted by Gasteiger charge is 2.21. The van der Waals surface area contributed by atoms with Gasteiger partial charge in [-0.05, 0) is 43.0 Å². The van der Waals surface area contributed by atoms with E-state index in [4.69, 9.17) is 0 Å². The fraction of sp³-hybridized carbons (Fsp3) is 0.200. The van der Waals surface area contributed by atoms with E-state index in [1.807, 2.05) is 12.1 Å². The normalized spacial score (nSPS) is 13.8. The Balaban J connectivity index is 1.90. The Bertz CT molecular complexity index is 985. The molecular formula is C20H19N5O. The van der Waals surface area contributed by atoms with Crippen LogP contribution in [0.15, 0.2) is 55.4 Å². The molecule has 0 atom stereocenters. The minimum absolute atomic E-state index is 0.257. The molecule has 0 radical (unpaired) electrons. The Hall–Kier alpha value is -3.28. The predicted molar refractivity (Wildman–Crippen MR) is 103 cm³/mol. The molecule has 1 N–H and O–H groups in total. The molecule has 130 valence electrons. The van der Waals surface area contributed by atoms with Crippen molar-refractivity contribution in [3.8, 4) is 0 Å². The van der Waals surface area contributed by atoms with Crippen molar-refractivity contribution in [2.75, 3.05) is 16.8 Å². The summed E-state index contributed by atoms with van der Waals surface area (Å²) < 4.78 is 0. The van der Waals surface area contributed by atoms with Gasteiger partial charge in [-0.3, -0.25) is 15.1 Å². The number of fused-ring (bicyclic) bond motifs is 2. The first-order chi connectivity index (χ1) is 12.8. The molecule has 26 heavy (non-hydrogen) atoms. The van der Waals surface area contributed by atoms with Crippen LogP contribution >= 0.6 is 0 Å². The van der Waals surface area contributed by atoms with Gasteiger partial charge in [-0.1, -0.05) is 24.8 Å². The lowest BCUT2D eigenvalue weighted by Gasteiger charge is -2.25. The van der Waals surface area contributed by atoms with E-state index in [0.29, 0.717) is 5.52 Å². The largest absolute Gasteiger partial charge is 0.325 e. The van der Waals surface area contributed by atoms with Crippen molar-refractivity contribution in [3.63, 3.8) is 0 Å². The van der Waals surface area contributed by atoms with Gasteiger partial charge in [0.1, 0.15) is 5.82 Å². The van der Waals surface area contributed by atoms with Crippen molar-refractivity contribution in [3.05, 3.63) is 60.9 Å². The van der Waals surface area contributed by atoms with Crippen LogP contribution in [0, 0.1) is 0 Å². The van der Waals surface area contributed by atoms with E-state index in [0.717, 1.165) is 42.7 Å². The summed E-state index contributed by atoms with van der Waals surface area (Å²) in [6, 6.07) is 10.3. The van der Waals surface area contributed by atoms with Crippen LogP contribution in [0.3, 0.4) is 0 Å². The first kappa shape index (κ1) is 16.2. The third-order valence-corrected chi connectivity index (χ3v) is 4.52. The summed E-state index contributed by atoms with van der Waals surface area (Å²) in [5.41, 5.74) is 3.16. The Morgan fingerprint density at radius 3 is 2.96 bits per heavy atom. The smallest absolute Gasteiger partial charge is 0.250 e. The summed E-state index contributed by atoms with van der Waals surface area (Å²) in [6.45, 7) is 4.34. The van der Waals surface area contributed by atoms with Crippen molar-refractivity contribution in [2.24, 2.45) is 0 Å². The number of pyridine rings is 1. The van der Waals surface area contributed by atoms with Gasteiger partial charge in [0.05, 0.1) is 11.7 Å². The summed E-state index contributed by atoms with van der Waals surface area (Å²) in [7, 11) is 0.